The number of phenols is 2. The second kappa shape index (κ2) is 7.91. The van der Waals surface area contributed by atoms with Gasteiger partial charge in [-0.25, -0.2) is 0 Å². The van der Waals surface area contributed by atoms with Crippen molar-refractivity contribution in [3.05, 3.63) is 23.8 Å². The molecule has 2 N–H and O–H groups in total. The predicted molar refractivity (Wildman–Crippen MR) is 82.4 cm³/mol. The highest BCUT2D eigenvalue weighted by atomic mass is 16.3. The topological polar surface area (TPSA) is 60.8 Å². The van der Waals surface area contributed by atoms with Gasteiger partial charge in [0.25, 0.3) is 0 Å². The molecule has 0 spiro atoms. The quantitative estimate of drug-likeness (QED) is 0.599. The monoisotopic (exact) mass is 291 g/mol. The number of carbonyl (C=O) groups excluding carboxylic acids is 1. The lowest BCUT2D eigenvalue weighted by Crippen LogP contribution is -2.27. The van der Waals surface area contributed by atoms with E-state index in [2.05, 4.69) is 0 Å². The minimum Gasteiger partial charge on any atom is -0.504 e. The number of hydrogen-bond donors (Lipinski definition) is 2. The molecule has 0 atom stereocenters. The SMILES string of the molecule is O=C(CCCCCCc1ccc(O)c(O)c1)N1CCCC1. The van der Waals surface area contributed by atoms with Gasteiger partial charge in [0, 0.05) is 19.5 Å². The summed E-state index contributed by atoms with van der Waals surface area (Å²) in [6.07, 6.45) is 8.07. The average Bonchev–Trinajstić information content (AvgIpc) is 3.00. The predicted octanol–water partition coefficient (Wildman–Crippen LogP) is 3.21. The highest BCUT2D eigenvalue weighted by Crippen LogP contribution is 2.25. The van der Waals surface area contributed by atoms with Gasteiger partial charge in [0.05, 0.1) is 0 Å². The molecule has 1 aromatic rings. The normalized spacial score (nSPS) is 14.6. The second-order valence-electron chi connectivity index (χ2n) is 5.83. The molecule has 21 heavy (non-hydrogen) atoms. The third kappa shape index (κ3) is 4.96. The number of hydrogen-bond acceptors (Lipinski definition) is 3. The number of amides is 1. The smallest absolute Gasteiger partial charge is 0.222 e. The Morgan fingerprint density at radius 2 is 1.71 bits per heavy atom. The lowest BCUT2D eigenvalue weighted by atomic mass is 10.0. The number of unbranched alkanes of at least 4 members (excludes halogenated alkanes) is 3. The summed E-state index contributed by atoms with van der Waals surface area (Å²) in [4.78, 5) is 13.8. The van der Waals surface area contributed by atoms with Crippen LogP contribution in [0.5, 0.6) is 11.5 Å². The van der Waals surface area contributed by atoms with Crippen LogP contribution in [0.2, 0.25) is 0 Å². The van der Waals surface area contributed by atoms with E-state index >= 15 is 0 Å². The molecule has 1 aromatic carbocycles. The van der Waals surface area contributed by atoms with E-state index in [1.807, 2.05) is 11.0 Å². The summed E-state index contributed by atoms with van der Waals surface area (Å²) in [7, 11) is 0. The fraction of sp³-hybridized carbons (Fsp3) is 0.588. The highest BCUT2D eigenvalue weighted by molar-refractivity contribution is 5.76. The number of nitrogens with zero attached hydrogens (tertiary/aromatic N) is 1. The Balaban J connectivity index is 1.55. The van der Waals surface area contributed by atoms with E-state index in [9.17, 15) is 15.0 Å². The summed E-state index contributed by atoms with van der Waals surface area (Å²) in [5, 5.41) is 18.7. The summed E-state index contributed by atoms with van der Waals surface area (Å²) < 4.78 is 0. The summed E-state index contributed by atoms with van der Waals surface area (Å²) in [5.41, 5.74) is 1.04. The fourth-order valence-electron chi connectivity index (χ4n) is 2.81. The van der Waals surface area contributed by atoms with Gasteiger partial charge >= 0.3 is 0 Å². The van der Waals surface area contributed by atoms with Crippen molar-refractivity contribution < 1.29 is 15.0 Å². The van der Waals surface area contributed by atoms with Crippen LogP contribution >= 0.6 is 0 Å². The maximum atomic E-state index is 11.8. The number of likely N-dealkylation sites (tertiary alicyclic amines) is 1. The van der Waals surface area contributed by atoms with Gasteiger partial charge in [-0.05, 0) is 49.8 Å². The van der Waals surface area contributed by atoms with Crippen LogP contribution in [0.15, 0.2) is 18.2 Å². The van der Waals surface area contributed by atoms with Crippen LogP contribution in [-0.4, -0.2) is 34.1 Å². The van der Waals surface area contributed by atoms with Crippen molar-refractivity contribution in [3.8, 4) is 11.5 Å². The second-order valence-corrected chi connectivity index (χ2v) is 5.83. The molecule has 116 valence electrons. The van der Waals surface area contributed by atoms with Gasteiger partial charge in [0.15, 0.2) is 11.5 Å². The number of carbonyl (C=O) groups is 1. The molecule has 0 bridgehead atoms. The van der Waals surface area contributed by atoms with Gasteiger partial charge < -0.3 is 15.1 Å². The molecule has 4 heteroatoms. The molecule has 1 saturated heterocycles. The molecule has 1 heterocycles. The van der Waals surface area contributed by atoms with Crippen LogP contribution in [0, 0.1) is 0 Å². The Morgan fingerprint density at radius 1 is 1.00 bits per heavy atom. The largest absolute Gasteiger partial charge is 0.504 e. The molecular formula is C17H25NO3. The molecular weight excluding hydrogens is 266 g/mol. The summed E-state index contributed by atoms with van der Waals surface area (Å²) in [5.74, 6) is 0.193. The van der Waals surface area contributed by atoms with Crippen molar-refractivity contribution in [1.29, 1.82) is 0 Å². The maximum absolute atomic E-state index is 11.8. The Hall–Kier alpha value is -1.71. The first kappa shape index (κ1) is 15.7. The zero-order chi connectivity index (χ0) is 15.1. The van der Waals surface area contributed by atoms with Crippen molar-refractivity contribution in [2.45, 2.75) is 51.4 Å². The van der Waals surface area contributed by atoms with E-state index in [0.29, 0.717) is 12.3 Å². The third-order valence-corrected chi connectivity index (χ3v) is 4.10. The van der Waals surface area contributed by atoms with Gasteiger partial charge in [-0.2, -0.15) is 0 Å². The van der Waals surface area contributed by atoms with Gasteiger partial charge in [0.1, 0.15) is 0 Å². The van der Waals surface area contributed by atoms with E-state index < -0.39 is 0 Å². The van der Waals surface area contributed by atoms with Crippen molar-refractivity contribution >= 4 is 5.91 Å². The van der Waals surface area contributed by atoms with Gasteiger partial charge in [-0.15, -0.1) is 0 Å². The van der Waals surface area contributed by atoms with E-state index in [-0.39, 0.29) is 11.5 Å². The summed E-state index contributed by atoms with van der Waals surface area (Å²) >= 11 is 0. The van der Waals surface area contributed by atoms with Crippen molar-refractivity contribution in [2.75, 3.05) is 13.1 Å². The molecule has 0 unspecified atom stereocenters. The average molecular weight is 291 g/mol. The lowest BCUT2D eigenvalue weighted by molar-refractivity contribution is -0.130. The van der Waals surface area contributed by atoms with Crippen LogP contribution in [0.25, 0.3) is 0 Å². The molecule has 1 aliphatic rings. The van der Waals surface area contributed by atoms with Crippen LogP contribution < -0.4 is 0 Å². The third-order valence-electron chi connectivity index (χ3n) is 4.10. The fourth-order valence-corrected chi connectivity index (χ4v) is 2.81. The van der Waals surface area contributed by atoms with Gasteiger partial charge in [0.2, 0.25) is 5.91 Å². The zero-order valence-corrected chi connectivity index (χ0v) is 12.6. The number of aromatic hydroxyl groups is 2. The first-order valence-electron chi connectivity index (χ1n) is 7.95. The summed E-state index contributed by atoms with van der Waals surface area (Å²) in [6.45, 7) is 1.90. The Labute approximate surface area is 126 Å². The maximum Gasteiger partial charge on any atom is 0.222 e. The van der Waals surface area contributed by atoms with E-state index in [1.54, 1.807) is 6.07 Å². The standard InChI is InChI=1S/C17H25NO3/c19-15-10-9-14(13-16(15)20)7-3-1-2-4-8-17(21)18-11-5-6-12-18/h9-10,13,19-20H,1-8,11-12H2. The van der Waals surface area contributed by atoms with Crippen LogP contribution in [-0.2, 0) is 11.2 Å². The molecule has 0 saturated carbocycles. The highest BCUT2D eigenvalue weighted by Gasteiger charge is 2.16. The van der Waals surface area contributed by atoms with Crippen LogP contribution in [0.3, 0.4) is 0 Å². The Morgan fingerprint density at radius 3 is 2.43 bits per heavy atom. The number of rotatable bonds is 7. The van der Waals surface area contributed by atoms with E-state index in [1.165, 1.54) is 6.07 Å². The molecule has 1 aliphatic heterocycles. The number of phenolic OH excluding ortho intramolecular Hbond substituents is 2. The van der Waals surface area contributed by atoms with Crippen molar-refractivity contribution in [3.63, 3.8) is 0 Å². The molecule has 2 rings (SSSR count). The first-order valence-corrected chi connectivity index (χ1v) is 7.95. The number of aryl methyl sites for hydroxylation is 1. The Kier molecular flexibility index (Phi) is 5.90. The van der Waals surface area contributed by atoms with Crippen LogP contribution in [0.4, 0.5) is 0 Å². The lowest BCUT2D eigenvalue weighted by Gasteiger charge is -2.14. The van der Waals surface area contributed by atoms with Crippen molar-refractivity contribution in [1.82, 2.24) is 4.90 Å². The molecule has 4 nitrogen and oxygen atoms in total. The molecule has 0 aromatic heterocycles. The van der Waals surface area contributed by atoms with E-state index in [4.69, 9.17) is 0 Å². The first-order chi connectivity index (χ1) is 10.2. The minimum absolute atomic E-state index is 0.0521. The van der Waals surface area contributed by atoms with Crippen LogP contribution in [0.1, 0.15) is 50.5 Å². The molecule has 1 amide bonds. The molecule has 0 radical (unpaired) electrons. The van der Waals surface area contributed by atoms with Gasteiger partial charge in [-0.1, -0.05) is 18.9 Å². The molecule has 0 aliphatic carbocycles. The molecule has 1 fully saturated rings. The summed E-state index contributed by atoms with van der Waals surface area (Å²) in [6, 6.07) is 4.98. The Bertz CT molecular complexity index is 467. The number of benzene rings is 1. The van der Waals surface area contributed by atoms with Crippen molar-refractivity contribution in [2.24, 2.45) is 0 Å². The van der Waals surface area contributed by atoms with E-state index in [0.717, 1.165) is 63.6 Å². The zero-order valence-electron chi connectivity index (χ0n) is 12.6. The van der Waals surface area contributed by atoms with Gasteiger partial charge in [-0.3, -0.25) is 4.79 Å². The minimum atomic E-state index is -0.0702.